The summed E-state index contributed by atoms with van der Waals surface area (Å²) in [4.78, 5) is 15.2. The molecule has 2 aromatic heterocycles. The molecule has 0 aromatic carbocycles. The molecule has 84 valence electrons. The van der Waals surface area contributed by atoms with Crippen molar-refractivity contribution in [1.29, 1.82) is 0 Å². The maximum Gasteiger partial charge on any atom is 0.295 e. The quantitative estimate of drug-likeness (QED) is 0.752. The summed E-state index contributed by atoms with van der Waals surface area (Å²) in [7, 11) is 0. The SMILES string of the molecule is C=Nc1ncnc2c1nc(C(F)F)n2CC. The molecule has 0 bridgehead atoms. The number of imidazole rings is 1. The highest BCUT2D eigenvalue weighted by Gasteiger charge is 2.20. The third-order valence-electron chi connectivity index (χ3n) is 2.20. The van der Waals surface area contributed by atoms with E-state index in [1.54, 1.807) is 6.92 Å². The maximum absolute atomic E-state index is 12.7. The second-order valence-corrected chi connectivity index (χ2v) is 3.04. The highest BCUT2D eigenvalue weighted by molar-refractivity contribution is 5.82. The molecule has 0 amide bonds. The molecule has 0 unspecified atom stereocenters. The Bertz CT molecular complexity index is 534. The zero-order valence-electron chi connectivity index (χ0n) is 8.56. The second kappa shape index (κ2) is 3.92. The summed E-state index contributed by atoms with van der Waals surface area (Å²) in [6.07, 6.45) is -1.39. The van der Waals surface area contributed by atoms with Crippen molar-refractivity contribution in [2.24, 2.45) is 4.99 Å². The number of aliphatic imine (C=N–C) groups is 1. The van der Waals surface area contributed by atoms with Crippen LogP contribution in [0.4, 0.5) is 14.6 Å². The van der Waals surface area contributed by atoms with E-state index in [1.807, 2.05) is 0 Å². The van der Waals surface area contributed by atoms with Crippen molar-refractivity contribution in [3.8, 4) is 0 Å². The van der Waals surface area contributed by atoms with Crippen LogP contribution in [-0.2, 0) is 6.54 Å². The fraction of sp³-hybridized carbons (Fsp3) is 0.333. The van der Waals surface area contributed by atoms with Crippen molar-refractivity contribution in [1.82, 2.24) is 19.5 Å². The minimum Gasteiger partial charge on any atom is -0.308 e. The van der Waals surface area contributed by atoms with Crippen molar-refractivity contribution >= 4 is 23.7 Å². The molecule has 0 aliphatic carbocycles. The van der Waals surface area contributed by atoms with Crippen molar-refractivity contribution < 1.29 is 8.78 Å². The van der Waals surface area contributed by atoms with Gasteiger partial charge < -0.3 is 4.57 Å². The Balaban J connectivity index is 2.80. The fourth-order valence-corrected chi connectivity index (χ4v) is 1.54. The van der Waals surface area contributed by atoms with Gasteiger partial charge in [0.25, 0.3) is 6.43 Å². The maximum atomic E-state index is 12.7. The Hall–Kier alpha value is -1.92. The molecule has 2 rings (SSSR count). The minimum absolute atomic E-state index is 0.221. The highest BCUT2D eigenvalue weighted by Crippen LogP contribution is 2.26. The predicted octanol–water partition coefficient (Wildman–Crippen LogP) is 2.12. The summed E-state index contributed by atoms with van der Waals surface area (Å²) in [5.41, 5.74) is 0.616. The van der Waals surface area contributed by atoms with Crippen molar-refractivity contribution in [2.75, 3.05) is 0 Å². The lowest BCUT2D eigenvalue weighted by atomic mass is 10.5. The molecule has 2 aromatic rings. The van der Waals surface area contributed by atoms with Crippen LogP contribution in [0.1, 0.15) is 19.2 Å². The molecule has 16 heavy (non-hydrogen) atoms. The number of hydrogen-bond donors (Lipinski definition) is 0. The van der Waals surface area contributed by atoms with Gasteiger partial charge in [-0.1, -0.05) is 0 Å². The number of aromatic nitrogens is 4. The van der Waals surface area contributed by atoms with Crippen molar-refractivity contribution in [2.45, 2.75) is 19.9 Å². The third kappa shape index (κ3) is 1.44. The predicted molar refractivity (Wildman–Crippen MR) is 55.2 cm³/mol. The Morgan fingerprint density at radius 2 is 2.25 bits per heavy atom. The van der Waals surface area contributed by atoms with E-state index >= 15 is 0 Å². The third-order valence-corrected chi connectivity index (χ3v) is 2.20. The van der Waals surface area contributed by atoms with E-state index in [0.717, 1.165) is 0 Å². The van der Waals surface area contributed by atoms with Gasteiger partial charge in [-0.3, -0.25) is 0 Å². The van der Waals surface area contributed by atoms with E-state index in [4.69, 9.17) is 0 Å². The molecule has 0 saturated carbocycles. The molecule has 0 saturated heterocycles. The molecule has 7 heteroatoms. The van der Waals surface area contributed by atoms with Gasteiger partial charge in [0.05, 0.1) is 0 Å². The standard InChI is InChI=1S/C9H9F2N5/c1-3-16-8-5(15-9(16)6(10)11)7(12-2)13-4-14-8/h4,6H,2-3H2,1H3. The summed E-state index contributed by atoms with van der Waals surface area (Å²) in [5.74, 6) is -0.0954. The summed E-state index contributed by atoms with van der Waals surface area (Å²) < 4.78 is 26.8. The van der Waals surface area contributed by atoms with Gasteiger partial charge in [-0.2, -0.15) is 0 Å². The van der Waals surface area contributed by atoms with E-state index in [9.17, 15) is 8.78 Å². The van der Waals surface area contributed by atoms with Gasteiger partial charge in [0.15, 0.2) is 22.8 Å². The lowest BCUT2D eigenvalue weighted by Crippen LogP contribution is -2.02. The Morgan fingerprint density at radius 1 is 1.50 bits per heavy atom. The number of alkyl halides is 2. The van der Waals surface area contributed by atoms with Gasteiger partial charge in [0, 0.05) is 6.54 Å². The Labute approximate surface area is 89.9 Å². The van der Waals surface area contributed by atoms with E-state index in [1.165, 1.54) is 10.9 Å². The van der Waals surface area contributed by atoms with Crippen molar-refractivity contribution in [3.05, 3.63) is 12.2 Å². The summed E-state index contributed by atoms with van der Waals surface area (Å²) >= 11 is 0. The Morgan fingerprint density at radius 3 is 2.81 bits per heavy atom. The molecular weight excluding hydrogens is 216 g/mol. The molecule has 0 fully saturated rings. The van der Waals surface area contributed by atoms with Crippen LogP contribution in [0.5, 0.6) is 0 Å². The van der Waals surface area contributed by atoms with Gasteiger partial charge in [0.1, 0.15) is 6.33 Å². The summed E-state index contributed by atoms with van der Waals surface area (Å²) in [5, 5.41) is 0. The van der Waals surface area contributed by atoms with E-state index in [-0.39, 0.29) is 17.2 Å². The number of rotatable bonds is 3. The highest BCUT2D eigenvalue weighted by atomic mass is 19.3. The van der Waals surface area contributed by atoms with Gasteiger partial charge in [-0.15, -0.1) is 0 Å². The topological polar surface area (TPSA) is 56.0 Å². The van der Waals surface area contributed by atoms with Crippen LogP contribution in [0, 0.1) is 0 Å². The number of aryl methyl sites for hydroxylation is 1. The average molecular weight is 225 g/mol. The lowest BCUT2D eigenvalue weighted by molar-refractivity contribution is 0.136. The lowest BCUT2D eigenvalue weighted by Gasteiger charge is -2.02. The van der Waals surface area contributed by atoms with Crippen LogP contribution in [-0.4, -0.2) is 26.2 Å². The molecule has 0 N–H and O–H groups in total. The molecule has 5 nitrogen and oxygen atoms in total. The first kappa shape index (κ1) is 10.6. The van der Waals surface area contributed by atoms with Gasteiger partial charge >= 0.3 is 0 Å². The fourth-order valence-electron chi connectivity index (χ4n) is 1.54. The average Bonchev–Trinajstić information content (AvgIpc) is 2.67. The number of halogens is 2. The van der Waals surface area contributed by atoms with Crippen LogP contribution >= 0.6 is 0 Å². The molecule has 0 aliphatic rings. The second-order valence-electron chi connectivity index (χ2n) is 3.04. The first-order chi connectivity index (χ1) is 7.69. The van der Waals surface area contributed by atoms with E-state index in [0.29, 0.717) is 12.2 Å². The first-order valence-electron chi connectivity index (χ1n) is 4.65. The molecule has 0 spiro atoms. The van der Waals surface area contributed by atoms with Gasteiger partial charge in [-0.05, 0) is 13.6 Å². The molecular formula is C9H9F2N5. The van der Waals surface area contributed by atoms with Crippen LogP contribution in [0.2, 0.25) is 0 Å². The van der Waals surface area contributed by atoms with E-state index in [2.05, 4.69) is 26.7 Å². The van der Waals surface area contributed by atoms with Gasteiger partial charge in [0.2, 0.25) is 0 Å². The summed E-state index contributed by atoms with van der Waals surface area (Å²) in [6, 6.07) is 0. The molecule has 0 atom stereocenters. The number of fused-ring (bicyclic) bond motifs is 1. The van der Waals surface area contributed by atoms with Crippen LogP contribution in [0.15, 0.2) is 11.3 Å². The number of hydrogen-bond acceptors (Lipinski definition) is 4. The van der Waals surface area contributed by atoms with Gasteiger partial charge in [-0.25, -0.2) is 28.7 Å². The summed E-state index contributed by atoms with van der Waals surface area (Å²) in [6.45, 7) is 5.42. The zero-order valence-corrected chi connectivity index (χ0v) is 8.56. The monoisotopic (exact) mass is 225 g/mol. The zero-order chi connectivity index (χ0) is 11.7. The first-order valence-corrected chi connectivity index (χ1v) is 4.65. The van der Waals surface area contributed by atoms with Crippen molar-refractivity contribution in [3.63, 3.8) is 0 Å². The largest absolute Gasteiger partial charge is 0.308 e. The van der Waals surface area contributed by atoms with E-state index < -0.39 is 6.43 Å². The molecule has 2 heterocycles. The number of nitrogens with zero attached hydrogens (tertiary/aromatic N) is 5. The minimum atomic E-state index is -2.65. The van der Waals surface area contributed by atoms with Crippen LogP contribution in [0.25, 0.3) is 11.2 Å². The molecule has 0 aliphatic heterocycles. The normalized spacial score (nSPS) is 11.2. The Kier molecular flexibility index (Phi) is 2.59. The smallest absolute Gasteiger partial charge is 0.295 e. The molecule has 0 radical (unpaired) electrons. The van der Waals surface area contributed by atoms with Crippen LogP contribution in [0.3, 0.4) is 0 Å². The van der Waals surface area contributed by atoms with Crippen LogP contribution < -0.4 is 0 Å².